The molecule has 112 valence electrons. The topological polar surface area (TPSA) is 59.9 Å². The molecule has 1 heterocycles. The first-order chi connectivity index (χ1) is 10.2. The first-order valence-electron chi connectivity index (χ1n) is 7.11. The maximum atomic E-state index is 5.55. The zero-order valence-corrected chi connectivity index (χ0v) is 13.9. The number of nitrogens with zero attached hydrogens (tertiary/aromatic N) is 3. The van der Waals surface area contributed by atoms with Crippen LogP contribution in [0.1, 0.15) is 26.7 Å². The quantitative estimate of drug-likeness (QED) is 0.820. The highest BCUT2D eigenvalue weighted by Gasteiger charge is 2.09. The molecular weight excluding hydrogens is 332 g/mol. The Kier molecular flexibility index (Phi) is 5.92. The number of ether oxygens (including phenoxy) is 1. The highest BCUT2D eigenvalue weighted by atomic mass is 79.9. The largest absolute Gasteiger partial charge is 0.463 e. The van der Waals surface area contributed by atoms with Crippen molar-refractivity contribution in [3.8, 4) is 17.4 Å². The van der Waals surface area contributed by atoms with Crippen LogP contribution in [0.3, 0.4) is 0 Å². The van der Waals surface area contributed by atoms with Gasteiger partial charge in [0, 0.05) is 16.6 Å². The normalized spacial score (nSPS) is 10.4. The van der Waals surface area contributed by atoms with E-state index in [1.54, 1.807) is 0 Å². The average Bonchev–Trinajstić information content (AvgIpc) is 2.50. The summed E-state index contributed by atoms with van der Waals surface area (Å²) in [6, 6.07) is 8.22. The summed E-state index contributed by atoms with van der Waals surface area (Å²) in [4.78, 5) is 13.1. The molecule has 0 saturated carbocycles. The standard InChI is InChI=1S/C15H19BrN4O/c1-3-8-17-14-18-13(11-6-5-7-12(16)10-11)19-15(20-14)21-9-4-2/h5-7,10H,3-4,8-9H2,1-2H3,(H,17,18,19,20). The maximum Gasteiger partial charge on any atom is 0.321 e. The minimum absolute atomic E-state index is 0.362. The van der Waals surface area contributed by atoms with Gasteiger partial charge in [0.2, 0.25) is 5.95 Å². The lowest BCUT2D eigenvalue weighted by molar-refractivity contribution is 0.292. The molecular formula is C15H19BrN4O. The van der Waals surface area contributed by atoms with Gasteiger partial charge in [-0.1, -0.05) is 41.9 Å². The van der Waals surface area contributed by atoms with E-state index in [-0.39, 0.29) is 0 Å². The fourth-order valence-corrected chi connectivity index (χ4v) is 2.09. The molecule has 0 radical (unpaired) electrons. The summed E-state index contributed by atoms with van der Waals surface area (Å²) < 4.78 is 6.54. The molecule has 0 aliphatic rings. The molecule has 2 aromatic rings. The Balaban J connectivity index is 2.33. The number of anilines is 1. The lowest BCUT2D eigenvalue weighted by Gasteiger charge is -2.09. The van der Waals surface area contributed by atoms with Gasteiger partial charge in [-0.25, -0.2) is 0 Å². The molecule has 0 aliphatic carbocycles. The van der Waals surface area contributed by atoms with Crippen molar-refractivity contribution in [1.82, 2.24) is 15.0 Å². The summed E-state index contributed by atoms with van der Waals surface area (Å²) in [5, 5.41) is 3.18. The number of rotatable bonds is 7. The second-order valence-electron chi connectivity index (χ2n) is 4.55. The second-order valence-corrected chi connectivity index (χ2v) is 5.47. The molecule has 0 fully saturated rings. The zero-order valence-electron chi connectivity index (χ0n) is 12.3. The van der Waals surface area contributed by atoms with E-state index in [0.29, 0.717) is 24.4 Å². The number of aromatic nitrogens is 3. The molecule has 1 N–H and O–H groups in total. The molecule has 0 bridgehead atoms. The number of hydrogen-bond donors (Lipinski definition) is 1. The Morgan fingerprint density at radius 1 is 1.14 bits per heavy atom. The number of hydrogen-bond acceptors (Lipinski definition) is 5. The van der Waals surface area contributed by atoms with Crippen molar-refractivity contribution in [2.24, 2.45) is 0 Å². The first kappa shape index (κ1) is 15.7. The van der Waals surface area contributed by atoms with Crippen molar-refractivity contribution in [3.63, 3.8) is 0 Å². The zero-order chi connectivity index (χ0) is 15.1. The van der Waals surface area contributed by atoms with Gasteiger partial charge >= 0.3 is 6.01 Å². The van der Waals surface area contributed by atoms with Crippen molar-refractivity contribution in [3.05, 3.63) is 28.7 Å². The Morgan fingerprint density at radius 3 is 2.71 bits per heavy atom. The van der Waals surface area contributed by atoms with Gasteiger partial charge in [0.15, 0.2) is 5.82 Å². The molecule has 2 rings (SSSR count). The third-order valence-electron chi connectivity index (χ3n) is 2.67. The molecule has 0 amide bonds. The van der Waals surface area contributed by atoms with Crippen molar-refractivity contribution in [2.45, 2.75) is 26.7 Å². The summed E-state index contributed by atoms with van der Waals surface area (Å²) in [6.07, 6.45) is 1.92. The van der Waals surface area contributed by atoms with Crippen molar-refractivity contribution in [2.75, 3.05) is 18.5 Å². The van der Waals surface area contributed by atoms with Gasteiger partial charge in [-0.3, -0.25) is 0 Å². The van der Waals surface area contributed by atoms with Crippen LogP contribution in [-0.2, 0) is 0 Å². The van der Waals surface area contributed by atoms with Gasteiger partial charge in [-0.15, -0.1) is 0 Å². The lowest BCUT2D eigenvalue weighted by Crippen LogP contribution is -2.09. The molecule has 0 atom stereocenters. The maximum absolute atomic E-state index is 5.55. The van der Waals surface area contributed by atoms with Crippen LogP contribution in [0.15, 0.2) is 28.7 Å². The minimum atomic E-state index is 0.362. The number of halogens is 1. The first-order valence-corrected chi connectivity index (χ1v) is 7.91. The van der Waals surface area contributed by atoms with E-state index in [1.807, 2.05) is 31.2 Å². The molecule has 0 unspecified atom stereocenters. The van der Waals surface area contributed by atoms with Crippen molar-refractivity contribution >= 4 is 21.9 Å². The molecule has 0 aliphatic heterocycles. The van der Waals surface area contributed by atoms with Gasteiger partial charge < -0.3 is 10.1 Å². The summed E-state index contributed by atoms with van der Waals surface area (Å²) in [6.45, 7) is 5.55. The Hall–Kier alpha value is -1.69. The van der Waals surface area contributed by atoms with E-state index in [1.165, 1.54) is 0 Å². The van der Waals surface area contributed by atoms with Crippen molar-refractivity contribution in [1.29, 1.82) is 0 Å². The van der Waals surface area contributed by atoms with E-state index in [2.05, 4.69) is 43.1 Å². The van der Waals surface area contributed by atoms with Crippen LogP contribution in [-0.4, -0.2) is 28.1 Å². The minimum Gasteiger partial charge on any atom is -0.463 e. The molecule has 0 saturated heterocycles. The summed E-state index contributed by atoms with van der Waals surface area (Å²) in [5.41, 5.74) is 0.924. The predicted octanol–water partition coefficient (Wildman–Crippen LogP) is 3.91. The Labute approximate surface area is 133 Å². The SMILES string of the molecule is CCCNc1nc(OCCC)nc(-c2cccc(Br)c2)n1. The Bertz CT molecular complexity index is 565. The predicted molar refractivity (Wildman–Crippen MR) is 87.5 cm³/mol. The summed E-state index contributed by atoms with van der Waals surface area (Å²) >= 11 is 3.46. The number of benzene rings is 1. The van der Waals surface area contributed by atoms with E-state index >= 15 is 0 Å². The van der Waals surface area contributed by atoms with Crippen LogP contribution in [0.5, 0.6) is 6.01 Å². The molecule has 21 heavy (non-hydrogen) atoms. The van der Waals surface area contributed by atoms with Crippen LogP contribution < -0.4 is 10.1 Å². The van der Waals surface area contributed by atoms with Gasteiger partial charge in [-0.2, -0.15) is 15.0 Å². The van der Waals surface area contributed by atoms with Crippen LogP contribution in [0.4, 0.5) is 5.95 Å². The third-order valence-corrected chi connectivity index (χ3v) is 3.16. The second kappa shape index (κ2) is 7.93. The fraction of sp³-hybridized carbons (Fsp3) is 0.400. The Morgan fingerprint density at radius 2 is 2.00 bits per heavy atom. The molecule has 6 heteroatoms. The fourth-order valence-electron chi connectivity index (χ4n) is 1.69. The van der Waals surface area contributed by atoms with E-state index in [4.69, 9.17) is 4.74 Å². The monoisotopic (exact) mass is 350 g/mol. The van der Waals surface area contributed by atoms with Gasteiger partial charge in [0.1, 0.15) is 0 Å². The van der Waals surface area contributed by atoms with E-state index < -0.39 is 0 Å². The molecule has 0 spiro atoms. The van der Waals surface area contributed by atoms with Gasteiger partial charge in [0.25, 0.3) is 0 Å². The van der Waals surface area contributed by atoms with E-state index in [0.717, 1.165) is 29.4 Å². The highest BCUT2D eigenvalue weighted by molar-refractivity contribution is 9.10. The van der Waals surface area contributed by atoms with Crippen LogP contribution >= 0.6 is 15.9 Å². The number of nitrogens with one attached hydrogen (secondary N) is 1. The van der Waals surface area contributed by atoms with Gasteiger partial charge in [0.05, 0.1) is 6.61 Å². The third kappa shape index (κ3) is 4.67. The summed E-state index contributed by atoms with van der Waals surface area (Å²) in [5.74, 6) is 1.16. The average molecular weight is 351 g/mol. The summed E-state index contributed by atoms with van der Waals surface area (Å²) in [7, 11) is 0. The van der Waals surface area contributed by atoms with Crippen LogP contribution in [0, 0.1) is 0 Å². The smallest absolute Gasteiger partial charge is 0.321 e. The van der Waals surface area contributed by atoms with Gasteiger partial charge in [-0.05, 0) is 25.0 Å². The molecule has 5 nitrogen and oxygen atoms in total. The van der Waals surface area contributed by atoms with Crippen LogP contribution in [0.25, 0.3) is 11.4 Å². The highest BCUT2D eigenvalue weighted by Crippen LogP contribution is 2.22. The lowest BCUT2D eigenvalue weighted by atomic mass is 10.2. The van der Waals surface area contributed by atoms with E-state index in [9.17, 15) is 0 Å². The molecule has 1 aromatic carbocycles. The molecule has 1 aromatic heterocycles. The van der Waals surface area contributed by atoms with Crippen molar-refractivity contribution < 1.29 is 4.74 Å². The van der Waals surface area contributed by atoms with Crippen LogP contribution in [0.2, 0.25) is 0 Å².